The summed E-state index contributed by atoms with van der Waals surface area (Å²) in [6.45, 7) is 8.27. The number of rotatable bonds is 6. The second-order valence-corrected chi connectivity index (χ2v) is 8.88. The SMILES string of the molecule is CC(C)(C)c1ccc(C2(C(=O)NCCCn3ccnc3)CCCCC2)cc1. The number of benzene rings is 1. The van der Waals surface area contributed by atoms with Gasteiger partial charge >= 0.3 is 0 Å². The van der Waals surface area contributed by atoms with Crippen LogP contribution < -0.4 is 5.32 Å². The molecule has 0 aliphatic heterocycles. The molecule has 1 aliphatic rings. The quantitative estimate of drug-likeness (QED) is 0.759. The molecule has 0 atom stereocenters. The lowest BCUT2D eigenvalue weighted by Crippen LogP contribution is -2.46. The van der Waals surface area contributed by atoms with Crippen LogP contribution in [0.25, 0.3) is 0 Å². The first-order chi connectivity index (χ1) is 12.9. The Morgan fingerprint density at radius 3 is 2.44 bits per heavy atom. The predicted molar refractivity (Wildman–Crippen MR) is 110 cm³/mol. The van der Waals surface area contributed by atoms with Gasteiger partial charge in [0.2, 0.25) is 5.91 Å². The van der Waals surface area contributed by atoms with Crippen molar-refractivity contribution in [2.45, 2.75) is 76.7 Å². The van der Waals surface area contributed by atoms with Gasteiger partial charge in [0.05, 0.1) is 11.7 Å². The molecule has 1 aliphatic carbocycles. The Hall–Kier alpha value is -2.10. The summed E-state index contributed by atoms with van der Waals surface area (Å²) in [6.07, 6.45) is 11.9. The fourth-order valence-electron chi connectivity index (χ4n) is 4.14. The maximum absolute atomic E-state index is 13.2. The zero-order valence-electron chi connectivity index (χ0n) is 17.0. The third-order valence-electron chi connectivity index (χ3n) is 5.88. The molecule has 1 fully saturated rings. The summed E-state index contributed by atoms with van der Waals surface area (Å²) in [7, 11) is 0. The fourth-order valence-corrected chi connectivity index (χ4v) is 4.14. The van der Waals surface area contributed by atoms with Gasteiger partial charge in [-0.05, 0) is 35.8 Å². The van der Waals surface area contributed by atoms with Gasteiger partial charge < -0.3 is 9.88 Å². The third kappa shape index (κ3) is 4.60. The molecular weight excluding hydrogens is 334 g/mol. The minimum absolute atomic E-state index is 0.133. The lowest BCUT2D eigenvalue weighted by Gasteiger charge is -2.37. The Kier molecular flexibility index (Phi) is 6.03. The smallest absolute Gasteiger partial charge is 0.230 e. The molecule has 0 radical (unpaired) electrons. The van der Waals surface area contributed by atoms with Crippen molar-refractivity contribution >= 4 is 5.91 Å². The summed E-state index contributed by atoms with van der Waals surface area (Å²) in [5.74, 6) is 0.205. The minimum atomic E-state index is -0.357. The van der Waals surface area contributed by atoms with Gasteiger partial charge in [-0.25, -0.2) is 4.98 Å². The maximum Gasteiger partial charge on any atom is 0.230 e. The highest BCUT2D eigenvalue weighted by Crippen LogP contribution is 2.40. The molecule has 1 saturated carbocycles. The molecule has 27 heavy (non-hydrogen) atoms. The summed E-state index contributed by atoms with van der Waals surface area (Å²) in [4.78, 5) is 17.3. The molecule has 1 aromatic heterocycles. The van der Waals surface area contributed by atoms with Crippen molar-refractivity contribution in [2.75, 3.05) is 6.54 Å². The fraction of sp³-hybridized carbons (Fsp3) is 0.565. The number of aromatic nitrogens is 2. The van der Waals surface area contributed by atoms with Crippen molar-refractivity contribution in [2.24, 2.45) is 0 Å². The van der Waals surface area contributed by atoms with E-state index >= 15 is 0 Å². The Morgan fingerprint density at radius 1 is 1.15 bits per heavy atom. The molecule has 1 heterocycles. The van der Waals surface area contributed by atoms with Crippen LogP contribution in [0.4, 0.5) is 0 Å². The lowest BCUT2D eigenvalue weighted by atomic mass is 9.68. The van der Waals surface area contributed by atoms with Gasteiger partial charge in [0, 0.05) is 25.5 Å². The van der Waals surface area contributed by atoms with Crippen molar-refractivity contribution < 1.29 is 4.79 Å². The van der Waals surface area contributed by atoms with Gasteiger partial charge in [-0.2, -0.15) is 0 Å². The van der Waals surface area contributed by atoms with Crippen LogP contribution in [0.15, 0.2) is 43.0 Å². The maximum atomic E-state index is 13.2. The van der Waals surface area contributed by atoms with Gasteiger partial charge in [0.25, 0.3) is 0 Å². The lowest BCUT2D eigenvalue weighted by molar-refractivity contribution is -0.128. The summed E-state index contributed by atoms with van der Waals surface area (Å²) < 4.78 is 2.05. The van der Waals surface area contributed by atoms with E-state index in [1.165, 1.54) is 17.5 Å². The number of amides is 1. The first kappa shape index (κ1) is 19.7. The zero-order valence-corrected chi connectivity index (χ0v) is 17.0. The standard InChI is InChI=1S/C23H33N3O/c1-22(2,3)19-8-10-20(11-9-19)23(12-5-4-6-13-23)21(27)25-14-7-16-26-17-15-24-18-26/h8-11,15,17-18H,4-7,12-14,16H2,1-3H3,(H,25,27). The largest absolute Gasteiger partial charge is 0.355 e. The molecule has 0 bridgehead atoms. The van der Waals surface area contributed by atoms with Crippen molar-refractivity contribution in [1.29, 1.82) is 0 Å². The first-order valence-corrected chi connectivity index (χ1v) is 10.3. The molecule has 1 aromatic carbocycles. The highest BCUT2D eigenvalue weighted by Gasteiger charge is 2.40. The van der Waals surface area contributed by atoms with E-state index in [4.69, 9.17) is 0 Å². The molecule has 3 rings (SSSR count). The molecule has 1 amide bonds. The molecule has 0 saturated heterocycles. The van der Waals surface area contributed by atoms with E-state index in [1.54, 1.807) is 6.20 Å². The zero-order chi connectivity index (χ0) is 19.3. The second kappa shape index (κ2) is 8.28. The number of aryl methyl sites for hydroxylation is 1. The summed E-state index contributed by atoms with van der Waals surface area (Å²) in [6, 6.07) is 8.80. The van der Waals surface area contributed by atoms with E-state index in [-0.39, 0.29) is 16.7 Å². The Morgan fingerprint density at radius 2 is 1.85 bits per heavy atom. The van der Waals surface area contributed by atoms with E-state index in [0.717, 1.165) is 38.6 Å². The van der Waals surface area contributed by atoms with Crippen LogP contribution in [0.1, 0.15) is 70.4 Å². The number of hydrogen-bond donors (Lipinski definition) is 1. The second-order valence-electron chi connectivity index (χ2n) is 8.88. The van der Waals surface area contributed by atoms with E-state index < -0.39 is 0 Å². The molecule has 4 heteroatoms. The van der Waals surface area contributed by atoms with E-state index in [1.807, 2.05) is 17.1 Å². The summed E-state index contributed by atoms with van der Waals surface area (Å²) in [5, 5.41) is 3.23. The highest BCUT2D eigenvalue weighted by atomic mass is 16.2. The number of imidazole rings is 1. The monoisotopic (exact) mass is 367 g/mol. The number of nitrogens with one attached hydrogen (secondary N) is 1. The topological polar surface area (TPSA) is 46.9 Å². The molecule has 0 spiro atoms. The first-order valence-electron chi connectivity index (χ1n) is 10.3. The van der Waals surface area contributed by atoms with Crippen LogP contribution in [0.3, 0.4) is 0 Å². The Labute approximate surface area is 163 Å². The van der Waals surface area contributed by atoms with E-state index in [0.29, 0.717) is 6.54 Å². The van der Waals surface area contributed by atoms with Crippen molar-refractivity contribution in [3.8, 4) is 0 Å². The third-order valence-corrected chi connectivity index (χ3v) is 5.88. The van der Waals surface area contributed by atoms with Crippen LogP contribution in [-0.4, -0.2) is 22.0 Å². The Bertz CT molecular complexity index is 720. The van der Waals surface area contributed by atoms with Gasteiger partial charge in [-0.3, -0.25) is 4.79 Å². The summed E-state index contributed by atoms with van der Waals surface area (Å²) >= 11 is 0. The van der Waals surface area contributed by atoms with E-state index in [9.17, 15) is 4.79 Å². The molecule has 1 N–H and O–H groups in total. The molecule has 2 aromatic rings. The van der Waals surface area contributed by atoms with Crippen molar-refractivity contribution in [3.05, 3.63) is 54.1 Å². The number of carbonyl (C=O) groups excluding carboxylic acids is 1. The van der Waals surface area contributed by atoms with Crippen LogP contribution in [0, 0.1) is 0 Å². The van der Waals surface area contributed by atoms with Gasteiger partial charge in [-0.15, -0.1) is 0 Å². The molecule has 146 valence electrons. The van der Waals surface area contributed by atoms with Crippen LogP contribution >= 0.6 is 0 Å². The Balaban J connectivity index is 1.69. The average Bonchev–Trinajstić information content (AvgIpc) is 3.18. The average molecular weight is 368 g/mol. The predicted octanol–water partition coefficient (Wildman–Crippen LogP) is 4.59. The molecule has 0 unspecified atom stereocenters. The van der Waals surface area contributed by atoms with Crippen molar-refractivity contribution in [1.82, 2.24) is 14.9 Å². The molecule has 4 nitrogen and oxygen atoms in total. The number of carbonyl (C=O) groups is 1. The van der Waals surface area contributed by atoms with E-state index in [2.05, 4.69) is 55.3 Å². The summed E-state index contributed by atoms with van der Waals surface area (Å²) in [5.41, 5.74) is 2.28. The van der Waals surface area contributed by atoms with Gasteiger partial charge in [0.15, 0.2) is 0 Å². The van der Waals surface area contributed by atoms with Crippen LogP contribution in [-0.2, 0) is 22.2 Å². The number of nitrogens with zero attached hydrogens (tertiary/aromatic N) is 2. The number of hydrogen-bond acceptors (Lipinski definition) is 2. The van der Waals surface area contributed by atoms with Crippen LogP contribution in [0.2, 0.25) is 0 Å². The minimum Gasteiger partial charge on any atom is -0.355 e. The van der Waals surface area contributed by atoms with Crippen molar-refractivity contribution in [3.63, 3.8) is 0 Å². The van der Waals surface area contributed by atoms with Gasteiger partial charge in [-0.1, -0.05) is 64.3 Å². The van der Waals surface area contributed by atoms with Gasteiger partial charge in [0.1, 0.15) is 0 Å². The normalized spacial score (nSPS) is 16.9. The van der Waals surface area contributed by atoms with Crippen LogP contribution in [0.5, 0.6) is 0 Å². The molecular formula is C23H33N3O. The highest BCUT2D eigenvalue weighted by molar-refractivity contribution is 5.88.